The Morgan fingerprint density at radius 2 is 1.78 bits per heavy atom. The first-order valence-electron chi connectivity index (χ1n) is 6.19. The summed E-state index contributed by atoms with van der Waals surface area (Å²) in [7, 11) is 1.87. The molecule has 4 heteroatoms. The Morgan fingerprint density at radius 3 is 2.44 bits per heavy atom. The molecule has 2 rings (SSSR count). The van der Waals surface area contributed by atoms with Gasteiger partial charge in [-0.05, 0) is 18.6 Å². The van der Waals surface area contributed by atoms with Crippen LogP contribution in [0.15, 0.2) is 36.4 Å². The molecule has 0 aliphatic heterocycles. The summed E-state index contributed by atoms with van der Waals surface area (Å²) in [5.41, 5.74) is 1.03. The Morgan fingerprint density at radius 1 is 1.06 bits per heavy atom. The Kier molecular flexibility index (Phi) is 4.12. The van der Waals surface area contributed by atoms with Gasteiger partial charge in [0.2, 0.25) is 0 Å². The number of rotatable bonds is 5. The van der Waals surface area contributed by atoms with Crippen LogP contribution in [0.2, 0.25) is 0 Å². The lowest BCUT2D eigenvalue weighted by atomic mass is 10.3. The molecule has 0 aliphatic carbocycles. The number of hydrogen-bond acceptors (Lipinski definition) is 4. The smallest absolute Gasteiger partial charge is 0.136 e. The third-order valence-electron chi connectivity index (χ3n) is 2.55. The quantitative estimate of drug-likeness (QED) is 0.845. The van der Waals surface area contributed by atoms with E-state index in [-0.39, 0.29) is 0 Å². The summed E-state index contributed by atoms with van der Waals surface area (Å²) in [5, 5.41) is 6.35. The van der Waals surface area contributed by atoms with Crippen LogP contribution in [0.5, 0.6) is 0 Å². The predicted molar refractivity (Wildman–Crippen MR) is 75.3 cm³/mol. The molecule has 0 radical (unpaired) electrons. The molecule has 0 spiro atoms. The van der Waals surface area contributed by atoms with Crippen molar-refractivity contribution in [2.75, 3.05) is 17.7 Å². The van der Waals surface area contributed by atoms with Crippen LogP contribution < -0.4 is 10.6 Å². The van der Waals surface area contributed by atoms with Crippen LogP contribution in [0.25, 0.3) is 0 Å². The van der Waals surface area contributed by atoms with Gasteiger partial charge in [0.15, 0.2) is 0 Å². The second-order valence-corrected chi connectivity index (χ2v) is 4.05. The fourth-order valence-electron chi connectivity index (χ4n) is 1.69. The topological polar surface area (TPSA) is 49.8 Å². The zero-order valence-corrected chi connectivity index (χ0v) is 10.8. The number of para-hydroxylation sites is 1. The van der Waals surface area contributed by atoms with E-state index in [1.54, 1.807) is 0 Å². The van der Waals surface area contributed by atoms with Crippen molar-refractivity contribution in [2.24, 2.45) is 0 Å². The Hall–Kier alpha value is -2.10. The third kappa shape index (κ3) is 3.20. The maximum Gasteiger partial charge on any atom is 0.136 e. The Labute approximate surface area is 107 Å². The molecule has 2 N–H and O–H groups in total. The van der Waals surface area contributed by atoms with Crippen molar-refractivity contribution in [1.29, 1.82) is 0 Å². The number of nitrogens with one attached hydrogen (secondary N) is 2. The fraction of sp³-hybridized carbons (Fsp3) is 0.286. The highest BCUT2D eigenvalue weighted by Crippen LogP contribution is 2.17. The molecule has 1 aromatic heterocycles. The normalized spacial score (nSPS) is 10.1. The molecule has 0 atom stereocenters. The van der Waals surface area contributed by atoms with E-state index >= 15 is 0 Å². The molecule has 0 fully saturated rings. The van der Waals surface area contributed by atoms with Gasteiger partial charge in [-0.2, -0.15) is 0 Å². The molecular weight excluding hydrogens is 224 g/mol. The number of aryl methyl sites for hydroxylation is 1. The van der Waals surface area contributed by atoms with Crippen molar-refractivity contribution in [3.8, 4) is 0 Å². The van der Waals surface area contributed by atoms with E-state index < -0.39 is 0 Å². The van der Waals surface area contributed by atoms with Crippen molar-refractivity contribution in [1.82, 2.24) is 9.97 Å². The van der Waals surface area contributed by atoms with Crippen LogP contribution in [0, 0.1) is 0 Å². The average Bonchev–Trinajstić information content (AvgIpc) is 2.40. The summed E-state index contributed by atoms with van der Waals surface area (Å²) in [6, 6.07) is 11.9. The van der Waals surface area contributed by atoms with E-state index in [9.17, 15) is 0 Å². The molecule has 94 valence electrons. The lowest BCUT2D eigenvalue weighted by Crippen LogP contribution is -2.03. The van der Waals surface area contributed by atoms with E-state index in [1.165, 1.54) is 0 Å². The van der Waals surface area contributed by atoms with E-state index in [4.69, 9.17) is 0 Å². The number of nitrogens with zero attached hydrogens (tertiary/aromatic N) is 2. The minimum atomic E-state index is 0.823. The highest BCUT2D eigenvalue weighted by molar-refractivity contribution is 5.58. The molecule has 2 aromatic rings. The second kappa shape index (κ2) is 6.00. The maximum absolute atomic E-state index is 4.50. The maximum atomic E-state index is 4.50. The van der Waals surface area contributed by atoms with Crippen LogP contribution in [0.4, 0.5) is 17.3 Å². The van der Waals surface area contributed by atoms with E-state index in [2.05, 4.69) is 27.5 Å². The lowest BCUT2D eigenvalue weighted by molar-refractivity contribution is 0.838. The van der Waals surface area contributed by atoms with Gasteiger partial charge in [0.25, 0.3) is 0 Å². The molecule has 18 heavy (non-hydrogen) atoms. The van der Waals surface area contributed by atoms with Gasteiger partial charge < -0.3 is 10.6 Å². The molecule has 0 aliphatic rings. The van der Waals surface area contributed by atoms with E-state index in [0.29, 0.717) is 0 Å². The summed E-state index contributed by atoms with van der Waals surface area (Å²) in [6.07, 6.45) is 1.93. The molecule has 0 unspecified atom stereocenters. The minimum absolute atomic E-state index is 0.823. The largest absolute Gasteiger partial charge is 0.373 e. The van der Waals surface area contributed by atoms with Gasteiger partial charge in [-0.25, -0.2) is 9.97 Å². The minimum Gasteiger partial charge on any atom is -0.373 e. The molecule has 0 amide bonds. The standard InChI is InChI=1S/C14H18N4/c1-3-7-12-17-13(15-2)10-14(18-12)16-11-8-5-4-6-9-11/h4-6,8-10H,3,7H2,1-2H3,(H2,15,16,17,18). The van der Waals surface area contributed by atoms with Crippen molar-refractivity contribution in [2.45, 2.75) is 19.8 Å². The fourth-order valence-corrected chi connectivity index (χ4v) is 1.69. The summed E-state index contributed by atoms with van der Waals surface area (Å²) in [6.45, 7) is 2.12. The van der Waals surface area contributed by atoms with E-state index in [1.807, 2.05) is 43.4 Å². The van der Waals surface area contributed by atoms with Crippen LogP contribution in [0.1, 0.15) is 19.2 Å². The third-order valence-corrected chi connectivity index (χ3v) is 2.55. The van der Waals surface area contributed by atoms with Crippen LogP contribution in [-0.2, 0) is 6.42 Å². The number of aromatic nitrogens is 2. The summed E-state index contributed by atoms with van der Waals surface area (Å²) < 4.78 is 0. The monoisotopic (exact) mass is 242 g/mol. The highest BCUT2D eigenvalue weighted by atomic mass is 15.1. The first-order valence-corrected chi connectivity index (χ1v) is 6.19. The van der Waals surface area contributed by atoms with Crippen LogP contribution in [0.3, 0.4) is 0 Å². The second-order valence-electron chi connectivity index (χ2n) is 4.05. The van der Waals surface area contributed by atoms with Gasteiger partial charge in [0.1, 0.15) is 17.5 Å². The first kappa shape index (κ1) is 12.4. The zero-order chi connectivity index (χ0) is 12.8. The molecule has 4 nitrogen and oxygen atoms in total. The first-order chi connectivity index (χ1) is 8.81. The molecule has 1 heterocycles. The lowest BCUT2D eigenvalue weighted by Gasteiger charge is -2.09. The van der Waals surface area contributed by atoms with E-state index in [0.717, 1.165) is 36.0 Å². The molecular formula is C14H18N4. The average molecular weight is 242 g/mol. The SMILES string of the molecule is CCCc1nc(NC)cc(Nc2ccccc2)n1. The highest BCUT2D eigenvalue weighted by Gasteiger charge is 2.03. The number of benzene rings is 1. The molecule has 0 bridgehead atoms. The van der Waals surface area contributed by atoms with Gasteiger partial charge in [0, 0.05) is 25.2 Å². The Balaban J connectivity index is 2.24. The van der Waals surface area contributed by atoms with Crippen molar-refractivity contribution < 1.29 is 0 Å². The molecule has 0 saturated carbocycles. The predicted octanol–water partition coefficient (Wildman–Crippen LogP) is 3.21. The summed E-state index contributed by atoms with van der Waals surface area (Å²) in [5.74, 6) is 2.53. The van der Waals surface area contributed by atoms with Crippen molar-refractivity contribution in [3.63, 3.8) is 0 Å². The van der Waals surface area contributed by atoms with Gasteiger partial charge in [-0.15, -0.1) is 0 Å². The van der Waals surface area contributed by atoms with Gasteiger partial charge >= 0.3 is 0 Å². The van der Waals surface area contributed by atoms with Gasteiger partial charge in [-0.3, -0.25) is 0 Å². The molecule has 1 aromatic carbocycles. The summed E-state index contributed by atoms with van der Waals surface area (Å²) in [4.78, 5) is 8.93. The Bertz CT molecular complexity index is 496. The number of anilines is 3. The van der Waals surface area contributed by atoms with Crippen LogP contribution >= 0.6 is 0 Å². The number of hydrogen-bond donors (Lipinski definition) is 2. The zero-order valence-electron chi connectivity index (χ0n) is 10.8. The van der Waals surface area contributed by atoms with Crippen molar-refractivity contribution in [3.05, 3.63) is 42.2 Å². The van der Waals surface area contributed by atoms with Gasteiger partial charge in [0.05, 0.1) is 0 Å². The van der Waals surface area contributed by atoms with Gasteiger partial charge in [-0.1, -0.05) is 25.1 Å². The van der Waals surface area contributed by atoms with Crippen LogP contribution in [-0.4, -0.2) is 17.0 Å². The van der Waals surface area contributed by atoms with Crippen molar-refractivity contribution >= 4 is 17.3 Å². The molecule has 0 saturated heterocycles. The summed E-state index contributed by atoms with van der Waals surface area (Å²) >= 11 is 0.